The van der Waals surface area contributed by atoms with Gasteiger partial charge in [0.2, 0.25) is 0 Å². The summed E-state index contributed by atoms with van der Waals surface area (Å²) in [5.74, 6) is 0. The maximum Gasteiger partial charge on any atom is 0.323 e. The molecule has 0 heterocycles. The molecule has 0 aliphatic heterocycles. The van der Waals surface area contributed by atoms with Gasteiger partial charge in [-0.25, -0.2) is 4.79 Å². The van der Waals surface area contributed by atoms with Crippen molar-refractivity contribution in [1.29, 1.82) is 0 Å². The first-order valence-electron chi connectivity index (χ1n) is 6.00. The average molecular weight is 282 g/mol. The first-order chi connectivity index (χ1) is 8.70. The van der Waals surface area contributed by atoms with Gasteiger partial charge in [0.25, 0.3) is 0 Å². The van der Waals surface area contributed by atoms with Gasteiger partial charge in [0.05, 0.1) is 10.7 Å². The lowest BCUT2D eigenvalue weighted by molar-refractivity contribution is 0.255. The summed E-state index contributed by atoms with van der Waals surface area (Å²) < 4.78 is 0. The van der Waals surface area contributed by atoms with Crippen LogP contribution in [0.15, 0.2) is 30.0 Å². The van der Waals surface area contributed by atoms with Crippen molar-refractivity contribution in [3.63, 3.8) is 0 Å². The lowest BCUT2D eigenvalue weighted by Crippen LogP contribution is -2.25. The number of nitrogens with two attached hydrogens (primary N) is 1. The minimum atomic E-state index is -0.338. The Hall–Kier alpha value is -1.68. The van der Waals surface area contributed by atoms with E-state index >= 15 is 0 Å². The molecule has 0 fully saturated rings. The van der Waals surface area contributed by atoms with Gasteiger partial charge in [-0.3, -0.25) is 0 Å². The average Bonchev–Trinajstić information content (AvgIpc) is 2.28. The maximum atomic E-state index is 11.7. The molecule has 1 rings (SSSR count). The SMILES string of the molecule is C/C(=C\NC(=O)Nc1ccc(N)cc1Cl)C(C)(C)C. The van der Waals surface area contributed by atoms with Crippen molar-refractivity contribution < 1.29 is 4.79 Å². The molecule has 0 atom stereocenters. The van der Waals surface area contributed by atoms with Gasteiger partial charge in [-0.05, 0) is 30.5 Å². The van der Waals surface area contributed by atoms with E-state index < -0.39 is 0 Å². The van der Waals surface area contributed by atoms with Crippen LogP contribution in [0.2, 0.25) is 5.02 Å². The van der Waals surface area contributed by atoms with Gasteiger partial charge < -0.3 is 16.4 Å². The second kappa shape index (κ2) is 5.97. The van der Waals surface area contributed by atoms with Crippen LogP contribution < -0.4 is 16.4 Å². The Balaban J connectivity index is 2.66. The highest BCUT2D eigenvalue weighted by Gasteiger charge is 2.12. The van der Waals surface area contributed by atoms with E-state index in [1.165, 1.54) is 0 Å². The molecule has 4 N–H and O–H groups in total. The molecular weight excluding hydrogens is 262 g/mol. The number of hydrogen-bond donors (Lipinski definition) is 3. The van der Waals surface area contributed by atoms with Crippen LogP contribution >= 0.6 is 11.6 Å². The van der Waals surface area contributed by atoms with E-state index in [1.807, 2.05) is 6.92 Å². The summed E-state index contributed by atoms with van der Waals surface area (Å²) in [6.07, 6.45) is 1.69. The number of urea groups is 1. The number of anilines is 2. The molecule has 0 saturated carbocycles. The van der Waals surface area contributed by atoms with Crippen molar-refractivity contribution in [3.8, 4) is 0 Å². The van der Waals surface area contributed by atoms with E-state index in [9.17, 15) is 4.79 Å². The van der Waals surface area contributed by atoms with Crippen molar-refractivity contribution in [2.45, 2.75) is 27.7 Å². The molecular formula is C14H20ClN3O. The second-order valence-corrected chi connectivity index (χ2v) is 5.82. The number of halogens is 1. The Morgan fingerprint density at radius 3 is 2.53 bits per heavy atom. The molecule has 0 aliphatic carbocycles. The summed E-state index contributed by atoms with van der Waals surface area (Å²) >= 11 is 5.97. The first kappa shape index (κ1) is 15.4. The van der Waals surface area contributed by atoms with Crippen LogP contribution in [0.4, 0.5) is 16.2 Å². The van der Waals surface area contributed by atoms with E-state index in [4.69, 9.17) is 17.3 Å². The van der Waals surface area contributed by atoms with E-state index in [0.717, 1.165) is 5.57 Å². The highest BCUT2D eigenvalue weighted by atomic mass is 35.5. The molecule has 0 aliphatic rings. The third-order valence-corrected chi connectivity index (χ3v) is 3.16. The quantitative estimate of drug-likeness (QED) is 0.718. The van der Waals surface area contributed by atoms with Gasteiger partial charge in [0, 0.05) is 11.9 Å². The predicted molar refractivity (Wildman–Crippen MR) is 81.2 cm³/mol. The molecule has 0 aromatic heterocycles. The molecule has 0 spiro atoms. The summed E-state index contributed by atoms with van der Waals surface area (Å²) in [6.45, 7) is 8.20. The molecule has 0 unspecified atom stereocenters. The lowest BCUT2D eigenvalue weighted by atomic mass is 9.88. The third-order valence-electron chi connectivity index (χ3n) is 2.84. The Labute approximate surface area is 119 Å². The smallest absolute Gasteiger partial charge is 0.323 e. The summed E-state index contributed by atoms with van der Waals surface area (Å²) in [4.78, 5) is 11.7. The van der Waals surface area contributed by atoms with Gasteiger partial charge in [0.1, 0.15) is 0 Å². The molecule has 0 bridgehead atoms. The van der Waals surface area contributed by atoms with Gasteiger partial charge in [-0.1, -0.05) is 37.9 Å². The standard InChI is InChI=1S/C14H20ClN3O/c1-9(14(2,3)4)8-17-13(19)18-12-6-5-10(16)7-11(12)15/h5-8H,16H2,1-4H3,(H2,17,18,19)/b9-8+. The van der Waals surface area contributed by atoms with Crippen molar-refractivity contribution >= 4 is 29.0 Å². The molecule has 19 heavy (non-hydrogen) atoms. The first-order valence-corrected chi connectivity index (χ1v) is 6.38. The number of benzene rings is 1. The number of amides is 2. The molecule has 4 nitrogen and oxygen atoms in total. The molecule has 2 amide bonds. The molecule has 104 valence electrons. The highest BCUT2D eigenvalue weighted by molar-refractivity contribution is 6.34. The zero-order chi connectivity index (χ0) is 14.6. The number of hydrogen-bond acceptors (Lipinski definition) is 2. The monoisotopic (exact) mass is 281 g/mol. The summed E-state index contributed by atoms with van der Waals surface area (Å²) in [5.41, 5.74) is 7.76. The number of nitrogens with one attached hydrogen (secondary N) is 2. The van der Waals surface area contributed by atoms with Crippen LogP contribution in [0.1, 0.15) is 27.7 Å². The Bertz CT molecular complexity index is 504. The maximum absolute atomic E-state index is 11.7. The van der Waals surface area contributed by atoms with Gasteiger partial charge in [-0.2, -0.15) is 0 Å². The van der Waals surface area contributed by atoms with Crippen LogP contribution in [0, 0.1) is 5.41 Å². The van der Waals surface area contributed by atoms with Crippen molar-refractivity contribution in [1.82, 2.24) is 5.32 Å². The molecule has 1 aromatic rings. The Morgan fingerprint density at radius 1 is 1.37 bits per heavy atom. The Kier molecular flexibility index (Phi) is 4.84. The van der Waals surface area contributed by atoms with Crippen LogP contribution in [-0.4, -0.2) is 6.03 Å². The van der Waals surface area contributed by atoms with Crippen LogP contribution in [-0.2, 0) is 0 Å². The topological polar surface area (TPSA) is 67.2 Å². The summed E-state index contributed by atoms with van der Waals surface area (Å²) in [5, 5.41) is 5.75. The fourth-order valence-electron chi connectivity index (χ4n) is 1.18. The number of rotatable bonds is 2. The largest absolute Gasteiger partial charge is 0.399 e. The number of nitrogen functional groups attached to an aromatic ring is 1. The van der Waals surface area contributed by atoms with E-state index in [1.54, 1.807) is 24.4 Å². The van der Waals surface area contributed by atoms with Crippen molar-refractivity contribution in [2.75, 3.05) is 11.1 Å². The fraction of sp³-hybridized carbons (Fsp3) is 0.357. The molecule has 1 aromatic carbocycles. The van der Waals surface area contributed by atoms with E-state index in [2.05, 4.69) is 31.4 Å². The summed E-state index contributed by atoms with van der Waals surface area (Å²) in [6, 6.07) is 4.60. The number of carbonyl (C=O) groups is 1. The predicted octanol–water partition coefficient (Wildman–Crippen LogP) is 3.99. The molecule has 0 radical (unpaired) electrons. The lowest BCUT2D eigenvalue weighted by Gasteiger charge is -2.19. The second-order valence-electron chi connectivity index (χ2n) is 5.42. The van der Waals surface area contributed by atoms with Gasteiger partial charge >= 0.3 is 6.03 Å². The van der Waals surface area contributed by atoms with Gasteiger partial charge in [0.15, 0.2) is 0 Å². The van der Waals surface area contributed by atoms with E-state index in [-0.39, 0.29) is 11.4 Å². The Morgan fingerprint density at radius 2 is 2.00 bits per heavy atom. The minimum Gasteiger partial charge on any atom is -0.399 e. The number of allylic oxidation sites excluding steroid dienone is 1. The van der Waals surface area contributed by atoms with E-state index in [0.29, 0.717) is 16.4 Å². The van der Waals surface area contributed by atoms with Crippen molar-refractivity contribution in [2.24, 2.45) is 5.41 Å². The van der Waals surface area contributed by atoms with Crippen molar-refractivity contribution in [3.05, 3.63) is 35.0 Å². The minimum absolute atomic E-state index is 0.0200. The van der Waals surface area contributed by atoms with Crippen LogP contribution in [0.5, 0.6) is 0 Å². The summed E-state index contributed by atoms with van der Waals surface area (Å²) in [7, 11) is 0. The number of carbonyl (C=O) groups excluding carboxylic acids is 1. The van der Waals surface area contributed by atoms with Crippen LogP contribution in [0.3, 0.4) is 0 Å². The third kappa shape index (κ3) is 4.83. The highest BCUT2D eigenvalue weighted by Crippen LogP contribution is 2.24. The fourth-order valence-corrected chi connectivity index (χ4v) is 1.42. The zero-order valence-electron chi connectivity index (χ0n) is 11.7. The molecule has 5 heteroatoms. The zero-order valence-corrected chi connectivity index (χ0v) is 12.4. The normalized spacial score (nSPS) is 12.2. The van der Waals surface area contributed by atoms with Gasteiger partial charge in [-0.15, -0.1) is 0 Å². The molecule has 0 saturated heterocycles. The van der Waals surface area contributed by atoms with Crippen LogP contribution in [0.25, 0.3) is 0 Å².